The van der Waals surface area contributed by atoms with Gasteiger partial charge in [0.1, 0.15) is 5.75 Å². The Morgan fingerprint density at radius 3 is 2.50 bits per heavy atom. The normalized spacial score (nSPS) is 12.3. The van der Waals surface area contributed by atoms with Gasteiger partial charge < -0.3 is 4.74 Å². The van der Waals surface area contributed by atoms with Crippen LogP contribution in [0.15, 0.2) is 12.1 Å². The third-order valence-electron chi connectivity index (χ3n) is 2.57. The van der Waals surface area contributed by atoms with Crippen molar-refractivity contribution >= 4 is 29.0 Å². The lowest BCUT2D eigenvalue weighted by atomic mass is 9.97. The van der Waals surface area contributed by atoms with Gasteiger partial charge in [0, 0.05) is 17.5 Å². The quantitative estimate of drug-likeness (QED) is 0.758. The second kappa shape index (κ2) is 5.55. The number of carbonyl (C=O) groups excluding carboxylic acids is 1. The van der Waals surface area contributed by atoms with Crippen molar-refractivity contribution in [2.75, 3.05) is 7.11 Å². The van der Waals surface area contributed by atoms with E-state index in [0.717, 1.165) is 6.42 Å². The smallest absolute Gasteiger partial charge is 0.167 e. The summed E-state index contributed by atoms with van der Waals surface area (Å²) in [4.78, 5) is 12.0. The van der Waals surface area contributed by atoms with Crippen molar-refractivity contribution in [2.45, 2.75) is 20.3 Å². The molecule has 4 heteroatoms. The van der Waals surface area contributed by atoms with Crippen molar-refractivity contribution in [3.63, 3.8) is 0 Å². The Labute approximate surface area is 106 Å². The highest BCUT2D eigenvalue weighted by molar-refractivity contribution is 6.36. The van der Waals surface area contributed by atoms with E-state index >= 15 is 0 Å². The SMILES string of the molecule is CCC(C)C(=O)c1cc(Cl)c(OC)cc1Cl. The number of methoxy groups -OCH3 is 1. The second-order valence-electron chi connectivity index (χ2n) is 3.64. The lowest BCUT2D eigenvalue weighted by Crippen LogP contribution is -2.10. The Morgan fingerprint density at radius 1 is 1.38 bits per heavy atom. The molecule has 0 aromatic heterocycles. The first-order valence-corrected chi connectivity index (χ1v) is 5.84. The van der Waals surface area contributed by atoms with Crippen LogP contribution < -0.4 is 4.74 Å². The van der Waals surface area contributed by atoms with E-state index in [0.29, 0.717) is 21.4 Å². The predicted octanol–water partition coefficient (Wildman–Crippen LogP) is 4.23. The van der Waals surface area contributed by atoms with E-state index in [1.165, 1.54) is 7.11 Å². The zero-order valence-corrected chi connectivity index (χ0v) is 11.0. The molecule has 0 aliphatic carbocycles. The van der Waals surface area contributed by atoms with Gasteiger partial charge in [-0.15, -0.1) is 0 Å². The van der Waals surface area contributed by atoms with Crippen LogP contribution in [-0.4, -0.2) is 12.9 Å². The first-order valence-electron chi connectivity index (χ1n) is 5.08. The minimum absolute atomic E-state index is 0.0112. The molecule has 2 nitrogen and oxygen atoms in total. The monoisotopic (exact) mass is 260 g/mol. The maximum absolute atomic E-state index is 12.0. The highest BCUT2D eigenvalue weighted by Gasteiger charge is 2.18. The van der Waals surface area contributed by atoms with Crippen LogP contribution in [0.3, 0.4) is 0 Å². The molecule has 16 heavy (non-hydrogen) atoms. The Kier molecular flexibility index (Phi) is 4.63. The van der Waals surface area contributed by atoms with Gasteiger partial charge in [-0.25, -0.2) is 0 Å². The van der Waals surface area contributed by atoms with Crippen LogP contribution in [0.25, 0.3) is 0 Å². The molecule has 0 bridgehead atoms. The van der Waals surface area contributed by atoms with Crippen molar-refractivity contribution in [1.29, 1.82) is 0 Å². The summed E-state index contributed by atoms with van der Waals surface area (Å²) in [5.74, 6) is 0.436. The molecule has 0 spiro atoms. The standard InChI is InChI=1S/C12H14Cl2O2/c1-4-7(2)12(15)8-5-10(14)11(16-3)6-9(8)13/h5-7H,4H2,1-3H3. The summed E-state index contributed by atoms with van der Waals surface area (Å²) in [5, 5.41) is 0.783. The summed E-state index contributed by atoms with van der Waals surface area (Å²) in [7, 11) is 1.51. The molecule has 0 N–H and O–H groups in total. The molecule has 0 aliphatic heterocycles. The Morgan fingerprint density at radius 2 is 2.00 bits per heavy atom. The topological polar surface area (TPSA) is 26.3 Å². The first-order chi connectivity index (χ1) is 7.51. The van der Waals surface area contributed by atoms with Gasteiger partial charge in [-0.05, 0) is 12.5 Å². The molecule has 0 heterocycles. The minimum atomic E-state index is -0.0537. The zero-order chi connectivity index (χ0) is 12.3. The van der Waals surface area contributed by atoms with E-state index in [1.807, 2.05) is 13.8 Å². The molecule has 88 valence electrons. The number of rotatable bonds is 4. The lowest BCUT2D eigenvalue weighted by Gasteiger charge is -2.11. The van der Waals surface area contributed by atoms with Crippen molar-refractivity contribution in [1.82, 2.24) is 0 Å². The van der Waals surface area contributed by atoms with Gasteiger partial charge in [-0.1, -0.05) is 37.0 Å². The average Bonchev–Trinajstić information content (AvgIpc) is 2.29. The van der Waals surface area contributed by atoms with Crippen molar-refractivity contribution < 1.29 is 9.53 Å². The molecule has 0 aliphatic rings. The fourth-order valence-corrected chi connectivity index (χ4v) is 1.81. The van der Waals surface area contributed by atoms with Gasteiger partial charge in [0.05, 0.1) is 17.2 Å². The summed E-state index contributed by atoms with van der Waals surface area (Å²) in [6, 6.07) is 3.14. The Hall–Kier alpha value is -0.730. The fourth-order valence-electron chi connectivity index (χ4n) is 1.32. The van der Waals surface area contributed by atoms with Crippen molar-refractivity contribution in [3.05, 3.63) is 27.7 Å². The number of hydrogen-bond acceptors (Lipinski definition) is 2. The van der Waals surface area contributed by atoms with Crippen LogP contribution in [0.1, 0.15) is 30.6 Å². The number of Topliss-reactive ketones (excluding diaryl/α,β-unsaturated/α-hetero) is 1. The van der Waals surface area contributed by atoms with E-state index in [9.17, 15) is 4.79 Å². The molecule has 0 saturated carbocycles. The van der Waals surface area contributed by atoms with Gasteiger partial charge in [0.25, 0.3) is 0 Å². The number of halogens is 2. The van der Waals surface area contributed by atoms with Crippen LogP contribution in [0.2, 0.25) is 10.0 Å². The van der Waals surface area contributed by atoms with E-state index in [-0.39, 0.29) is 11.7 Å². The van der Waals surface area contributed by atoms with E-state index < -0.39 is 0 Å². The van der Waals surface area contributed by atoms with E-state index in [4.69, 9.17) is 27.9 Å². The molecule has 0 amide bonds. The molecule has 1 aromatic carbocycles. The minimum Gasteiger partial charge on any atom is -0.495 e. The highest BCUT2D eigenvalue weighted by atomic mass is 35.5. The first kappa shape index (κ1) is 13.3. The van der Waals surface area contributed by atoms with Crippen LogP contribution in [0.5, 0.6) is 5.75 Å². The fraction of sp³-hybridized carbons (Fsp3) is 0.417. The average molecular weight is 261 g/mol. The van der Waals surface area contributed by atoms with Crippen LogP contribution in [0.4, 0.5) is 0 Å². The van der Waals surface area contributed by atoms with Crippen LogP contribution >= 0.6 is 23.2 Å². The predicted molar refractivity (Wildman–Crippen MR) is 66.8 cm³/mol. The summed E-state index contributed by atoms with van der Waals surface area (Å²) < 4.78 is 5.02. The molecule has 0 fully saturated rings. The lowest BCUT2D eigenvalue weighted by molar-refractivity contribution is 0.0927. The van der Waals surface area contributed by atoms with Gasteiger partial charge in [0.2, 0.25) is 0 Å². The van der Waals surface area contributed by atoms with Gasteiger partial charge in [0.15, 0.2) is 5.78 Å². The Balaban J connectivity index is 3.16. The van der Waals surface area contributed by atoms with Crippen molar-refractivity contribution in [2.24, 2.45) is 5.92 Å². The Bertz CT molecular complexity index is 402. The molecular formula is C12H14Cl2O2. The molecule has 1 atom stereocenters. The summed E-state index contributed by atoms with van der Waals surface area (Å²) in [5.41, 5.74) is 0.460. The molecule has 1 unspecified atom stereocenters. The third kappa shape index (κ3) is 2.69. The van der Waals surface area contributed by atoms with Crippen molar-refractivity contribution in [3.8, 4) is 5.75 Å². The number of benzene rings is 1. The number of carbonyl (C=O) groups is 1. The largest absolute Gasteiger partial charge is 0.495 e. The molecule has 1 aromatic rings. The summed E-state index contributed by atoms with van der Waals surface area (Å²) >= 11 is 12.0. The number of ketones is 1. The molecule has 1 rings (SSSR count). The van der Waals surface area contributed by atoms with Crippen LogP contribution in [0, 0.1) is 5.92 Å². The van der Waals surface area contributed by atoms with Crippen LogP contribution in [-0.2, 0) is 0 Å². The van der Waals surface area contributed by atoms with E-state index in [2.05, 4.69) is 0 Å². The highest BCUT2D eigenvalue weighted by Crippen LogP contribution is 2.32. The van der Waals surface area contributed by atoms with Gasteiger partial charge in [-0.2, -0.15) is 0 Å². The summed E-state index contributed by atoms with van der Waals surface area (Å²) in [6.45, 7) is 3.83. The number of ether oxygens (including phenoxy) is 1. The van der Waals surface area contributed by atoms with Gasteiger partial charge in [-0.3, -0.25) is 4.79 Å². The van der Waals surface area contributed by atoms with Gasteiger partial charge >= 0.3 is 0 Å². The second-order valence-corrected chi connectivity index (χ2v) is 4.45. The maximum Gasteiger partial charge on any atom is 0.167 e. The maximum atomic E-state index is 12.0. The third-order valence-corrected chi connectivity index (χ3v) is 3.17. The molecule has 0 saturated heterocycles. The zero-order valence-electron chi connectivity index (χ0n) is 9.51. The van der Waals surface area contributed by atoms with E-state index in [1.54, 1.807) is 12.1 Å². The number of hydrogen-bond donors (Lipinski definition) is 0. The molecular weight excluding hydrogens is 247 g/mol. The summed E-state index contributed by atoms with van der Waals surface area (Å²) in [6.07, 6.45) is 0.777. The molecule has 0 radical (unpaired) electrons.